The van der Waals surface area contributed by atoms with Gasteiger partial charge in [0, 0.05) is 50.4 Å². The Bertz CT molecular complexity index is 985. The number of hydrogen-bond donors (Lipinski definition) is 2. The summed E-state index contributed by atoms with van der Waals surface area (Å²) < 4.78 is 0. The summed E-state index contributed by atoms with van der Waals surface area (Å²) >= 11 is 0. The van der Waals surface area contributed by atoms with E-state index in [1.54, 1.807) is 0 Å². The molecule has 174 valence electrons. The van der Waals surface area contributed by atoms with Crippen molar-refractivity contribution in [3.8, 4) is 0 Å². The monoisotopic (exact) mass is 447 g/mol. The topological polar surface area (TPSA) is 77.0 Å². The van der Waals surface area contributed by atoms with Crippen molar-refractivity contribution in [3.63, 3.8) is 0 Å². The van der Waals surface area contributed by atoms with E-state index in [1.165, 1.54) is 0 Å². The number of hydrogen-bond acceptors (Lipinski definition) is 3. The molecule has 0 unspecified atom stereocenters. The summed E-state index contributed by atoms with van der Waals surface area (Å²) in [7, 11) is 0. The number of piperidine rings is 1. The first-order chi connectivity index (χ1) is 16.1. The SMILES string of the molecule is CCNC(=NCc1ccc(N2CCCCC2=O)cc1)NCc1ccc(N2CCCC2=O)cc1. The third kappa shape index (κ3) is 5.92. The van der Waals surface area contributed by atoms with Gasteiger partial charge in [-0.3, -0.25) is 9.59 Å². The molecule has 0 spiro atoms. The van der Waals surface area contributed by atoms with E-state index < -0.39 is 0 Å². The Hall–Kier alpha value is -3.35. The Morgan fingerprint density at radius 1 is 0.788 bits per heavy atom. The zero-order chi connectivity index (χ0) is 23.0. The minimum Gasteiger partial charge on any atom is -0.357 e. The van der Waals surface area contributed by atoms with Crippen molar-refractivity contribution in [3.05, 3.63) is 59.7 Å². The van der Waals surface area contributed by atoms with Gasteiger partial charge in [-0.25, -0.2) is 4.99 Å². The number of nitrogens with one attached hydrogen (secondary N) is 2. The molecule has 2 aliphatic rings. The maximum absolute atomic E-state index is 12.1. The van der Waals surface area contributed by atoms with E-state index >= 15 is 0 Å². The molecule has 0 saturated carbocycles. The number of aliphatic imine (C=N–C) groups is 1. The van der Waals surface area contributed by atoms with Crippen LogP contribution in [0.25, 0.3) is 0 Å². The summed E-state index contributed by atoms with van der Waals surface area (Å²) in [6.45, 7) is 5.64. The normalized spacial score (nSPS) is 16.9. The average Bonchev–Trinajstić information content (AvgIpc) is 3.28. The van der Waals surface area contributed by atoms with Gasteiger partial charge in [0.05, 0.1) is 6.54 Å². The smallest absolute Gasteiger partial charge is 0.227 e. The first kappa shape index (κ1) is 22.8. The lowest BCUT2D eigenvalue weighted by Gasteiger charge is -2.26. The molecule has 0 atom stereocenters. The van der Waals surface area contributed by atoms with E-state index in [0.29, 0.717) is 25.9 Å². The van der Waals surface area contributed by atoms with Crippen LogP contribution in [0.15, 0.2) is 53.5 Å². The quantitative estimate of drug-likeness (QED) is 0.502. The van der Waals surface area contributed by atoms with Crippen molar-refractivity contribution in [2.45, 2.75) is 52.1 Å². The third-order valence-electron chi connectivity index (χ3n) is 6.12. The average molecular weight is 448 g/mol. The molecular formula is C26H33N5O2. The number of rotatable bonds is 7. The number of anilines is 2. The highest BCUT2D eigenvalue weighted by molar-refractivity contribution is 5.95. The van der Waals surface area contributed by atoms with Gasteiger partial charge in [-0.05, 0) is 61.6 Å². The fourth-order valence-electron chi connectivity index (χ4n) is 4.27. The lowest BCUT2D eigenvalue weighted by molar-refractivity contribution is -0.119. The minimum atomic E-state index is 0.206. The molecule has 2 N–H and O–H groups in total. The molecule has 0 radical (unpaired) electrons. The van der Waals surface area contributed by atoms with E-state index in [1.807, 2.05) is 53.1 Å². The van der Waals surface area contributed by atoms with E-state index in [9.17, 15) is 9.59 Å². The molecule has 4 rings (SSSR count). The lowest BCUT2D eigenvalue weighted by Crippen LogP contribution is -2.36. The summed E-state index contributed by atoms with van der Waals surface area (Å²) in [6.07, 6.45) is 4.27. The van der Waals surface area contributed by atoms with Crippen LogP contribution in [0.3, 0.4) is 0 Å². The molecule has 0 aliphatic carbocycles. The fraction of sp³-hybridized carbons (Fsp3) is 0.423. The van der Waals surface area contributed by atoms with Crippen LogP contribution in [-0.4, -0.2) is 37.4 Å². The van der Waals surface area contributed by atoms with E-state index in [-0.39, 0.29) is 11.8 Å². The molecule has 7 nitrogen and oxygen atoms in total. The van der Waals surface area contributed by atoms with Crippen LogP contribution in [0.4, 0.5) is 11.4 Å². The minimum absolute atomic E-state index is 0.206. The van der Waals surface area contributed by atoms with Crippen LogP contribution in [0.5, 0.6) is 0 Å². The first-order valence-electron chi connectivity index (χ1n) is 11.9. The van der Waals surface area contributed by atoms with Crippen molar-refractivity contribution in [1.29, 1.82) is 0 Å². The molecule has 2 saturated heterocycles. The highest BCUT2D eigenvalue weighted by atomic mass is 16.2. The Balaban J connectivity index is 1.32. The largest absolute Gasteiger partial charge is 0.357 e. The van der Waals surface area contributed by atoms with Gasteiger partial charge in [-0.2, -0.15) is 0 Å². The van der Waals surface area contributed by atoms with Crippen molar-refractivity contribution in [2.75, 3.05) is 29.4 Å². The molecule has 2 fully saturated rings. The van der Waals surface area contributed by atoms with Gasteiger partial charge in [0.25, 0.3) is 0 Å². The van der Waals surface area contributed by atoms with E-state index in [4.69, 9.17) is 4.99 Å². The Labute approximate surface area is 195 Å². The molecular weight excluding hydrogens is 414 g/mol. The van der Waals surface area contributed by atoms with Gasteiger partial charge < -0.3 is 20.4 Å². The van der Waals surface area contributed by atoms with Gasteiger partial charge in [-0.15, -0.1) is 0 Å². The number of guanidine groups is 1. The third-order valence-corrected chi connectivity index (χ3v) is 6.12. The number of nitrogens with zero attached hydrogens (tertiary/aromatic N) is 3. The molecule has 2 aliphatic heterocycles. The van der Waals surface area contributed by atoms with Crippen LogP contribution in [-0.2, 0) is 22.7 Å². The standard InChI is InChI=1S/C26H33N5O2/c1-2-27-26(29-19-21-10-14-23(15-11-21)31-17-5-7-25(31)33)28-18-20-8-12-22(13-9-20)30-16-4-3-6-24(30)32/h8-15H,2-7,16-19H2,1H3,(H2,27,28,29). The summed E-state index contributed by atoms with van der Waals surface area (Å²) in [6, 6.07) is 16.3. The van der Waals surface area contributed by atoms with E-state index in [2.05, 4.69) is 22.8 Å². The highest BCUT2D eigenvalue weighted by Gasteiger charge is 2.21. The van der Waals surface area contributed by atoms with Crippen molar-refractivity contribution in [1.82, 2.24) is 10.6 Å². The number of carbonyl (C=O) groups is 2. The Morgan fingerprint density at radius 2 is 1.36 bits per heavy atom. The molecule has 0 aromatic heterocycles. The summed E-state index contributed by atoms with van der Waals surface area (Å²) in [4.78, 5) is 32.5. The Morgan fingerprint density at radius 3 is 1.94 bits per heavy atom. The predicted octanol–water partition coefficient (Wildman–Crippen LogP) is 3.59. The van der Waals surface area contributed by atoms with Crippen LogP contribution >= 0.6 is 0 Å². The summed E-state index contributed by atoms with van der Waals surface area (Å²) in [5, 5.41) is 6.67. The predicted molar refractivity (Wildman–Crippen MR) is 132 cm³/mol. The molecule has 2 aromatic carbocycles. The first-order valence-corrected chi connectivity index (χ1v) is 11.9. The van der Waals surface area contributed by atoms with E-state index in [0.717, 1.165) is 67.4 Å². The number of benzene rings is 2. The number of amides is 2. The van der Waals surface area contributed by atoms with Gasteiger partial charge in [-0.1, -0.05) is 24.3 Å². The molecule has 2 aromatic rings. The summed E-state index contributed by atoms with van der Waals surface area (Å²) in [5.41, 5.74) is 4.17. The van der Waals surface area contributed by atoms with Crippen LogP contribution in [0, 0.1) is 0 Å². The van der Waals surface area contributed by atoms with Crippen LogP contribution in [0.2, 0.25) is 0 Å². The fourth-order valence-corrected chi connectivity index (χ4v) is 4.27. The molecule has 7 heteroatoms. The molecule has 2 amide bonds. The second-order valence-corrected chi connectivity index (χ2v) is 8.53. The number of carbonyl (C=O) groups excluding carboxylic acids is 2. The second-order valence-electron chi connectivity index (χ2n) is 8.53. The van der Waals surface area contributed by atoms with Gasteiger partial charge >= 0.3 is 0 Å². The Kier molecular flexibility index (Phi) is 7.60. The zero-order valence-electron chi connectivity index (χ0n) is 19.3. The van der Waals surface area contributed by atoms with Gasteiger partial charge in [0.15, 0.2) is 5.96 Å². The second kappa shape index (κ2) is 11.0. The van der Waals surface area contributed by atoms with Gasteiger partial charge in [0.2, 0.25) is 11.8 Å². The zero-order valence-corrected chi connectivity index (χ0v) is 19.3. The van der Waals surface area contributed by atoms with Crippen LogP contribution in [0.1, 0.15) is 50.2 Å². The maximum Gasteiger partial charge on any atom is 0.227 e. The maximum atomic E-state index is 12.1. The molecule has 33 heavy (non-hydrogen) atoms. The van der Waals surface area contributed by atoms with Crippen molar-refractivity contribution < 1.29 is 9.59 Å². The lowest BCUT2D eigenvalue weighted by atomic mass is 10.1. The van der Waals surface area contributed by atoms with Crippen molar-refractivity contribution >= 4 is 29.1 Å². The highest BCUT2D eigenvalue weighted by Crippen LogP contribution is 2.22. The van der Waals surface area contributed by atoms with Crippen LogP contribution < -0.4 is 20.4 Å². The summed E-state index contributed by atoms with van der Waals surface area (Å²) in [5.74, 6) is 1.18. The molecule has 2 heterocycles. The van der Waals surface area contributed by atoms with Gasteiger partial charge in [0.1, 0.15) is 0 Å². The molecule has 0 bridgehead atoms. The van der Waals surface area contributed by atoms with Crippen molar-refractivity contribution in [2.24, 2.45) is 4.99 Å².